The highest BCUT2D eigenvalue weighted by molar-refractivity contribution is 8.00. The highest BCUT2D eigenvalue weighted by atomic mass is 32.2. The summed E-state index contributed by atoms with van der Waals surface area (Å²) in [4.78, 5) is 24.4. The molecule has 1 aromatic carbocycles. The summed E-state index contributed by atoms with van der Waals surface area (Å²) >= 11 is 1.64. The van der Waals surface area contributed by atoms with Gasteiger partial charge >= 0.3 is 0 Å². The van der Waals surface area contributed by atoms with E-state index in [0.29, 0.717) is 0 Å². The van der Waals surface area contributed by atoms with Crippen LogP contribution in [0.3, 0.4) is 0 Å². The molecule has 0 amide bonds. The van der Waals surface area contributed by atoms with Crippen molar-refractivity contribution in [1.82, 2.24) is 0 Å². The Bertz CT molecular complexity index is 386. The van der Waals surface area contributed by atoms with E-state index in [9.17, 15) is 9.59 Å². The van der Waals surface area contributed by atoms with Crippen LogP contribution in [0.2, 0.25) is 0 Å². The van der Waals surface area contributed by atoms with Crippen LogP contribution in [0.15, 0.2) is 35.2 Å². The smallest absolute Gasteiger partial charge is 0.141 e. The number of thioether (sulfide) groups is 1. The maximum absolute atomic E-state index is 11.7. The second kappa shape index (κ2) is 7.37. The molecular formula is C15H20O2S. The molecule has 1 unspecified atom stereocenters. The number of ketones is 2. The van der Waals surface area contributed by atoms with Crippen LogP contribution < -0.4 is 0 Å². The molecule has 0 saturated carbocycles. The highest BCUT2D eigenvalue weighted by Crippen LogP contribution is 2.32. The fourth-order valence-corrected chi connectivity index (χ4v) is 3.60. The van der Waals surface area contributed by atoms with Gasteiger partial charge in [0, 0.05) is 10.1 Å². The molecule has 1 aromatic rings. The largest absolute Gasteiger partial charge is 0.299 e. The highest BCUT2D eigenvalue weighted by Gasteiger charge is 2.29. The third-order valence-electron chi connectivity index (χ3n) is 2.85. The quantitative estimate of drug-likeness (QED) is 0.555. The second-order valence-corrected chi connectivity index (χ2v) is 5.77. The number of carbonyl (C=O) groups is 2. The van der Waals surface area contributed by atoms with Gasteiger partial charge in [-0.05, 0) is 32.4 Å². The van der Waals surface area contributed by atoms with Crippen LogP contribution in [0.4, 0.5) is 0 Å². The van der Waals surface area contributed by atoms with Crippen molar-refractivity contribution in [2.24, 2.45) is 5.92 Å². The van der Waals surface area contributed by atoms with E-state index >= 15 is 0 Å². The van der Waals surface area contributed by atoms with Crippen LogP contribution in [0, 0.1) is 5.92 Å². The van der Waals surface area contributed by atoms with Crippen molar-refractivity contribution in [1.29, 1.82) is 0 Å². The topological polar surface area (TPSA) is 34.1 Å². The van der Waals surface area contributed by atoms with Crippen molar-refractivity contribution < 1.29 is 9.59 Å². The third-order valence-corrected chi connectivity index (χ3v) is 4.21. The SMILES string of the molecule is CCCC(Sc1ccccc1)C(C(C)=O)C(C)=O. The van der Waals surface area contributed by atoms with Crippen molar-refractivity contribution in [3.63, 3.8) is 0 Å². The second-order valence-electron chi connectivity index (χ2n) is 4.46. The van der Waals surface area contributed by atoms with Crippen LogP contribution >= 0.6 is 11.8 Å². The maximum Gasteiger partial charge on any atom is 0.141 e. The first-order valence-corrected chi connectivity index (χ1v) is 7.16. The number of carbonyl (C=O) groups excluding carboxylic acids is 2. The van der Waals surface area contributed by atoms with Crippen LogP contribution in [0.25, 0.3) is 0 Å². The van der Waals surface area contributed by atoms with Gasteiger partial charge in [-0.3, -0.25) is 9.59 Å². The van der Waals surface area contributed by atoms with E-state index in [1.54, 1.807) is 11.8 Å². The summed E-state index contributed by atoms with van der Waals surface area (Å²) in [5.74, 6) is -0.524. The Labute approximate surface area is 113 Å². The Hall–Kier alpha value is -1.09. The van der Waals surface area contributed by atoms with E-state index in [1.165, 1.54) is 13.8 Å². The maximum atomic E-state index is 11.7. The van der Waals surface area contributed by atoms with Gasteiger partial charge in [-0.2, -0.15) is 0 Å². The lowest BCUT2D eigenvalue weighted by atomic mass is 9.94. The summed E-state index contributed by atoms with van der Waals surface area (Å²) in [7, 11) is 0. The molecule has 98 valence electrons. The van der Waals surface area contributed by atoms with E-state index in [1.807, 2.05) is 30.3 Å². The van der Waals surface area contributed by atoms with Crippen LogP contribution in [0.1, 0.15) is 33.6 Å². The zero-order valence-corrected chi connectivity index (χ0v) is 12.0. The molecule has 18 heavy (non-hydrogen) atoms. The van der Waals surface area contributed by atoms with Gasteiger partial charge in [0.2, 0.25) is 0 Å². The van der Waals surface area contributed by atoms with Gasteiger partial charge in [0.1, 0.15) is 11.6 Å². The Morgan fingerprint density at radius 1 is 1.11 bits per heavy atom. The number of rotatable bonds is 7. The number of benzene rings is 1. The van der Waals surface area contributed by atoms with Crippen molar-refractivity contribution in [2.75, 3.05) is 0 Å². The molecule has 0 aliphatic carbocycles. The third kappa shape index (κ3) is 4.30. The molecule has 0 radical (unpaired) electrons. The van der Waals surface area contributed by atoms with Crippen LogP contribution in [-0.4, -0.2) is 16.8 Å². The normalized spacial score (nSPS) is 12.4. The molecule has 0 fully saturated rings. The predicted octanol–water partition coefficient (Wildman–Crippen LogP) is 3.74. The molecule has 2 nitrogen and oxygen atoms in total. The standard InChI is InChI=1S/C15H20O2S/c1-4-8-14(15(11(2)16)12(3)17)18-13-9-6-5-7-10-13/h5-7,9-10,14-15H,4,8H2,1-3H3. The Balaban J connectivity index is 2.87. The van der Waals surface area contributed by atoms with Crippen LogP contribution in [0.5, 0.6) is 0 Å². The van der Waals surface area contributed by atoms with E-state index in [4.69, 9.17) is 0 Å². The summed E-state index contributed by atoms with van der Waals surface area (Å²) in [6.07, 6.45) is 1.85. The lowest BCUT2D eigenvalue weighted by Gasteiger charge is -2.22. The molecular weight excluding hydrogens is 244 g/mol. The van der Waals surface area contributed by atoms with Gasteiger partial charge < -0.3 is 0 Å². The lowest BCUT2D eigenvalue weighted by Crippen LogP contribution is -2.30. The van der Waals surface area contributed by atoms with Crippen molar-refractivity contribution in [3.05, 3.63) is 30.3 Å². The molecule has 1 rings (SSSR count). The molecule has 0 aliphatic heterocycles. The minimum Gasteiger partial charge on any atom is -0.299 e. The monoisotopic (exact) mass is 264 g/mol. The Morgan fingerprint density at radius 2 is 1.67 bits per heavy atom. The molecule has 0 N–H and O–H groups in total. The van der Waals surface area contributed by atoms with E-state index in [2.05, 4.69) is 6.92 Å². The zero-order chi connectivity index (χ0) is 13.5. The first-order chi connectivity index (χ1) is 8.56. The molecule has 0 heterocycles. The number of hydrogen-bond donors (Lipinski definition) is 0. The summed E-state index contributed by atoms with van der Waals surface area (Å²) in [6, 6.07) is 9.95. The van der Waals surface area contributed by atoms with E-state index < -0.39 is 5.92 Å². The zero-order valence-electron chi connectivity index (χ0n) is 11.2. The van der Waals surface area contributed by atoms with Gasteiger partial charge in [0.05, 0.1) is 5.92 Å². The summed E-state index contributed by atoms with van der Waals surface area (Å²) in [5, 5.41) is 0.0485. The van der Waals surface area contributed by atoms with Gasteiger partial charge in [0.25, 0.3) is 0 Å². The summed E-state index contributed by atoms with van der Waals surface area (Å²) in [6.45, 7) is 5.11. The summed E-state index contributed by atoms with van der Waals surface area (Å²) < 4.78 is 0. The average molecular weight is 264 g/mol. The minimum absolute atomic E-state index is 0.0237. The Kier molecular flexibility index (Phi) is 6.13. The van der Waals surface area contributed by atoms with Crippen molar-refractivity contribution in [3.8, 4) is 0 Å². The molecule has 0 bridgehead atoms. The number of Topliss-reactive ketones (excluding diaryl/α,β-unsaturated/α-hetero) is 2. The van der Waals surface area contributed by atoms with Crippen molar-refractivity contribution in [2.45, 2.75) is 43.8 Å². The van der Waals surface area contributed by atoms with E-state index in [-0.39, 0.29) is 16.8 Å². The fourth-order valence-electron chi connectivity index (χ4n) is 2.06. The van der Waals surface area contributed by atoms with Crippen LogP contribution in [-0.2, 0) is 9.59 Å². The average Bonchev–Trinajstić information content (AvgIpc) is 2.29. The van der Waals surface area contributed by atoms with E-state index in [0.717, 1.165) is 17.7 Å². The van der Waals surface area contributed by atoms with Gasteiger partial charge in [-0.25, -0.2) is 0 Å². The molecule has 0 aliphatic rings. The van der Waals surface area contributed by atoms with Gasteiger partial charge in [0.15, 0.2) is 0 Å². The summed E-state index contributed by atoms with van der Waals surface area (Å²) in [5.41, 5.74) is 0. The fraction of sp³-hybridized carbons (Fsp3) is 0.467. The lowest BCUT2D eigenvalue weighted by molar-refractivity contribution is -0.130. The first kappa shape index (κ1) is 15.0. The van der Waals surface area contributed by atoms with Gasteiger partial charge in [-0.1, -0.05) is 31.5 Å². The first-order valence-electron chi connectivity index (χ1n) is 6.28. The Morgan fingerprint density at radius 3 is 2.11 bits per heavy atom. The molecule has 0 saturated heterocycles. The minimum atomic E-state index is -0.477. The molecule has 0 aromatic heterocycles. The molecule has 3 heteroatoms. The van der Waals surface area contributed by atoms with Gasteiger partial charge in [-0.15, -0.1) is 11.8 Å². The number of hydrogen-bond acceptors (Lipinski definition) is 3. The molecule has 0 spiro atoms. The predicted molar refractivity (Wildman–Crippen MR) is 75.8 cm³/mol. The van der Waals surface area contributed by atoms with Crippen molar-refractivity contribution >= 4 is 23.3 Å². The molecule has 1 atom stereocenters.